The lowest BCUT2D eigenvalue weighted by molar-refractivity contribution is -0.142. The number of primary amides is 1. The summed E-state index contributed by atoms with van der Waals surface area (Å²) in [5, 5.41) is 27.9. The van der Waals surface area contributed by atoms with Gasteiger partial charge in [-0.05, 0) is 42.2 Å². The first kappa shape index (κ1) is 33.2. The lowest BCUT2D eigenvalue weighted by Crippen LogP contribution is -2.58. The van der Waals surface area contributed by atoms with Gasteiger partial charge in [-0.1, -0.05) is 30.3 Å². The lowest BCUT2D eigenvalue weighted by atomic mass is 10.0. The van der Waals surface area contributed by atoms with E-state index >= 15 is 0 Å². The third-order valence-electron chi connectivity index (χ3n) is 7.37. The number of aromatic hydroxyl groups is 1. The fraction of sp³-hybridized carbons (Fsp3) is 0.290. The molecule has 0 aliphatic rings. The van der Waals surface area contributed by atoms with Crippen LogP contribution in [0.2, 0.25) is 0 Å². The Hall–Kier alpha value is -5.70. The van der Waals surface area contributed by atoms with Gasteiger partial charge in [0.2, 0.25) is 23.6 Å². The molecule has 4 unspecified atom stereocenters. The summed E-state index contributed by atoms with van der Waals surface area (Å²) in [4.78, 5) is 73.5. The van der Waals surface area contributed by atoms with Crippen LogP contribution in [0.1, 0.15) is 29.7 Å². The molecule has 0 aliphatic heterocycles. The molecular weight excluding hydrogens is 596 g/mol. The largest absolute Gasteiger partial charge is 0.508 e. The van der Waals surface area contributed by atoms with Crippen LogP contribution in [0.25, 0.3) is 10.9 Å². The number of imidazole rings is 1. The number of nitrogens with zero attached hydrogens (tertiary/aromatic N) is 1. The maximum absolute atomic E-state index is 13.6. The molecule has 0 fully saturated rings. The summed E-state index contributed by atoms with van der Waals surface area (Å²) < 4.78 is 0. The quantitative estimate of drug-likeness (QED) is 0.0788. The number of hydrogen-bond donors (Lipinski definition) is 9. The van der Waals surface area contributed by atoms with Gasteiger partial charge in [0.05, 0.1) is 12.4 Å². The molecule has 242 valence electrons. The number of carbonyl (C=O) groups excluding carboxylic acids is 4. The predicted octanol–water partition coefficient (Wildman–Crippen LogP) is -0.244. The molecule has 4 atom stereocenters. The Morgan fingerprint density at radius 3 is 2.17 bits per heavy atom. The molecule has 0 radical (unpaired) electrons. The van der Waals surface area contributed by atoms with Gasteiger partial charge in [0.1, 0.15) is 23.9 Å². The van der Waals surface area contributed by atoms with Gasteiger partial charge in [-0.3, -0.25) is 19.2 Å². The first-order valence-corrected chi connectivity index (χ1v) is 14.5. The van der Waals surface area contributed by atoms with E-state index in [1.165, 1.54) is 36.8 Å². The summed E-state index contributed by atoms with van der Waals surface area (Å²) in [6.07, 6.45) is 4.06. The number of benzene rings is 2. The summed E-state index contributed by atoms with van der Waals surface area (Å²) in [5.41, 5.74) is 14.2. The van der Waals surface area contributed by atoms with E-state index in [4.69, 9.17) is 11.5 Å². The maximum atomic E-state index is 13.6. The van der Waals surface area contributed by atoms with Crippen LogP contribution in [0.15, 0.2) is 67.3 Å². The second kappa shape index (κ2) is 15.3. The number of H-pyrrole nitrogens is 2. The van der Waals surface area contributed by atoms with Crippen molar-refractivity contribution in [2.75, 3.05) is 0 Å². The van der Waals surface area contributed by atoms with E-state index in [0.717, 1.165) is 16.5 Å². The van der Waals surface area contributed by atoms with Gasteiger partial charge < -0.3 is 47.6 Å². The number of carbonyl (C=O) groups is 5. The van der Waals surface area contributed by atoms with Crippen molar-refractivity contribution in [1.82, 2.24) is 30.9 Å². The van der Waals surface area contributed by atoms with Crippen molar-refractivity contribution in [2.24, 2.45) is 11.5 Å². The summed E-state index contributed by atoms with van der Waals surface area (Å²) in [6, 6.07) is 8.34. The molecule has 4 aromatic rings. The van der Waals surface area contributed by atoms with Crippen molar-refractivity contribution in [3.8, 4) is 5.75 Å². The second-order valence-corrected chi connectivity index (χ2v) is 10.8. The second-order valence-electron chi connectivity index (χ2n) is 10.8. The molecule has 11 N–H and O–H groups in total. The monoisotopic (exact) mass is 632 g/mol. The number of nitrogens with two attached hydrogens (primary N) is 2. The normalized spacial score (nSPS) is 13.7. The van der Waals surface area contributed by atoms with Crippen LogP contribution < -0.4 is 27.4 Å². The van der Waals surface area contributed by atoms with Crippen LogP contribution in [0.3, 0.4) is 0 Å². The summed E-state index contributed by atoms with van der Waals surface area (Å²) >= 11 is 0. The lowest BCUT2D eigenvalue weighted by Gasteiger charge is -2.25. The van der Waals surface area contributed by atoms with E-state index in [0.29, 0.717) is 11.3 Å². The summed E-state index contributed by atoms with van der Waals surface area (Å²) in [7, 11) is 0. The number of nitrogens with one attached hydrogen (secondary N) is 5. The number of fused-ring (bicyclic) bond motifs is 1. The van der Waals surface area contributed by atoms with Crippen molar-refractivity contribution in [3.05, 3.63) is 84.1 Å². The Kier molecular flexibility index (Phi) is 11.1. The number of para-hydroxylation sites is 1. The Morgan fingerprint density at radius 1 is 0.826 bits per heavy atom. The number of aromatic amines is 2. The number of amides is 4. The maximum Gasteiger partial charge on any atom is 0.326 e. The van der Waals surface area contributed by atoms with Crippen LogP contribution >= 0.6 is 0 Å². The summed E-state index contributed by atoms with van der Waals surface area (Å²) in [5.74, 6) is -4.33. The minimum Gasteiger partial charge on any atom is -0.508 e. The third kappa shape index (κ3) is 9.15. The van der Waals surface area contributed by atoms with Crippen molar-refractivity contribution < 1.29 is 34.2 Å². The minimum absolute atomic E-state index is 0.0162. The van der Waals surface area contributed by atoms with E-state index in [-0.39, 0.29) is 37.9 Å². The van der Waals surface area contributed by atoms with E-state index < -0.39 is 53.8 Å². The zero-order valence-corrected chi connectivity index (χ0v) is 24.7. The van der Waals surface area contributed by atoms with Crippen LogP contribution in [-0.4, -0.2) is 78.9 Å². The molecule has 46 heavy (non-hydrogen) atoms. The Bertz CT molecular complexity index is 1670. The molecule has 15 nitrogen and oxygen atoms in total. The first-order valence-electron chi connectivity index (χ1n) is 14.5. The number of rotatable bonds is 16. The van der Waals surface area contributed by atoms with Crippen molar-refractivity contribution in [1.29, 1.82) is 0 Å². The number of carboxylic acids is 1. The molecule has 4 rings (SSSR count). The Balaban J connectivity index is 1.50. The average molecular weight is 633 g/mol. The molecule has 2 heterocycles. The summed E-state index contributed by atoms with van der Waals surface area (Å²) in [6.45, 7) is 0. The van der Waals surface area contributed by atoms with Gasteiger partial charge in [-0.2, -0.15) is 0 Å². The topological polar surface area (TPSA) is 258 Å². The molecular formula is C31H36N8O7. The van der Waals surface area contributed by atoms with E-state index in [9.17, 15) is 34.2 Å². The van der Waals surface area contributed by atoms with Crippen molar-refractivity contribution in [2.45, 2.75) is 56.3 Å². The minimum atomic E-state index is -1.36. The highest BCUT2D eigenvalue weighted by Crippen LogP contribution is 2.19. The molecule has 2 aromatic heterocycles. The van der Waals surface area contributed by atoms with Gasteiger partial charge in [-0.15, -0.1) is 0 Å². The van der Waals surface area contributed by atoms with Gasteiger partial charge in [0, 0.05) is 48.3 Å². The molecule has 0 saturated carbocycles. The van der Waals surface area contributed by atoms with Crippen molar-refractivity contribution in [3.63, 3.8) is 0 Å². The number of aromatic nitrogens is 3. The number of phenolic OH excluding ortho intramolecular Hbond substituents is 1. The van der Waals surface area contributed by atoms with Gasteiger partial charge in [-0.25, -0.2) is 9.78 Å². The molecule has 0 bridgehead atoms. The fourth-order valence-corrected chi connectivity index (χ4v) is 4.90. The standard InChI is InChI=1S/C31H36N8O7/c32-22(12-18-14-35-23-4-2-1-3-21(18)23)28(42)37-24(9-10-27(33)41)29(43)38-25(11-17-5-7-20(40)8-6-17)30(44)39-26(31(45)46)13-19-15-34-16-36-19/h1-8,14-16,22,24-26,35,40H,9-13,32H2,(H2,33,41)(H,34,36)(H,37,42)(H,38,43)(H,39,44)(H,45,46). The van der Waals surface area contributed by atoms with Crippen LogP contribution in [-0.2, 0) is 43.2 Å². The van der Waals surface area contributed by atoms with Crippen LogP contribution in [0.4, 0.5) is 0 Å². The highest BCUT2D eigenvalue weighted by molar-refractivity contribution is 5.95. The van der Waals surface area contributed by atoms with Gasteiger partial charge in [0.15, 0.2) is 0 Å². The predicted molar refractivity (Wildman–Crippen MR) is 166 cm³/mol. The Morgan fingerprint density at radius 2 is 1.50 bits per heavy atom. The van der Waals surface area contributed by atoms with Gasteiger partial charge in [0.25, 0.3) is 0 Å². The number of aliphatic carboxylic acids is 1. The van der Waals surface area contributed by atoms with Gasteiger partial charge >= 0.3 is 5.97 Å². The number of carboxylic acid groups (broad SMARTS) is 1. The molecule has 0 aliphatic carbocycles. The molecule has 0 saturated heterocycles. The van der Waals surface area contributed by atoms with E-state index in [1.54, 1.807) is 6.20 Å². The third-order valence-corrected chi connectivity index (χ3v) is 7.37. The highest BCUT2D eigenvalue weighted by atomic mass is 16.4. The smallest absolute Gasteiger partial charge is 0.326 e. The zero-order valence-electron chi connectivity index (χ0n) is 24.7. The van der Waals surface area contributed by atoms with Crippen LogP contribution in [0.5, 0.6) is 5.75 Å². The highest BCUT2D eigenvalue weighted by Gasteiger charge is 2.31. The molecule has 4 amide bonds. The van der Waals surface area contributed by atoms with E-state index in [1.807, 2.05) is 24.3 Å². The number of phenols is 1. The van der Waals surface area contributed by atoms with Crippen LogP contribution in [0, 0.1) is 0 Å². The molecule has 0 spiro atoms. The Labute approximate surface area is 263 Å². The first-order chi connectivity index (χ1) is 22.0. The SMILES string of the molecule is NC(=O)CCC(NC(=O)C(N)Cc1c[nH]c2ccccc12)C(=O)NC(Cc1ccc(O)cc1)C(=O)NC(Cc1cnc[nH]1)C(=O)O. The molecule has 15 heteroatoms. The average Bonchev–Trinajstić information content (AvgIpc) is 3.69. The fourth-order valence-electron chi connectivity index (χ4n) is 4.90. The molecule has 2 aromatic carbocycles. The number of hydrogen-bond acceptors (Lipinski definition) is 8. The van der Waals surface area contributed by atoms with Crippen molar-refractivity contribution >= 4 is 40.5 Å². The van der Waals surface area contributed by atoms with E-state index in [2.05, 4.69) is 30.9 Å². The zero-order chi connectivity index (χ0) is 33.2.